The van der Waals surface area contributed by atoms with E-state index in [1.54, 1.807) is 0 Å². The van der Waals surface area contributed by atoms with Crippen LogP contribution in [0.1, 0.15) is 33.1 Å². The lowest BCUT2D eigenvalue weighted by Crippen LogP contribution is -2.55. The Hall–Kier alpha value is -1.28. The summed E-state index contributed by atoms with van der Waals surface area (Å²) in [6, 6.07) is -2.35. The normalized spacial score (nSPS) is 20.8. The molecule has 1 heterocycles. The summed E-state index contributed by atoms with van der Waals surface area (Å²) < 4.78 is 0. The second-order valence-electron chi connectivity index (χ2n) is 6.01. The van der Waals surface area contributed by atoms with Crippen LogP contribution in [0.25, 0.3) is 0 Å². The van der Waals surface area contributed by atoms with Gasteiger partial charge in [-0.05, 0) is 25.2 Å². The number of thiol groups is 1. The van der Waals surface area contributed by atoms with Crippen LogP contribution in [0.4, 0.5) is 0 Å². The van der Waals surface area contributed by atoms with Crippen LogP contribution < -0.4 is 11.1 Å². The van der Waals surface area contributed by atoms with Gasteiger partial charge in [0, 0.05) is 12.3 Å². The maximum atomic E-state index is 12.6. The number of carbonyl (C=O) groups excluding carboxylic acids is 2. The lowest BCUT2D eigenvalue weighted by molar-refractivity contribution is -0.149. The number of nitrogens with zero attached hydrogens (tertiary/aromatic N) is 1. The third-order valence-electron chi connectivity index (χ3n) is 3.68. The molecule has 1 fully saturated rings. The summed E-state index contributed by atoms with van der Waals surface area (Å²) in [6.45, 7) is 4.27. The Morgan fingerprint density at radius 3 is 2.55 bits per heavy atom. The summed E-state index contributed by atoms with van der Waals surface area (Å²) in [5, 5.41) is 11.8. The zero-order valence-electron chi connectivity index (χ0n) is 13.0. The summed E-state index contributed by atoms with van der Waals surface area (Å²) in [7, 11) is 0. The molecule has 0 spiro atoms. The van der Waals surface area contributed by atoms with Gasteiger partial charge in [0.2, 0.25) is 11.8 Å². The Morgan fingerprint density at radius 1 is 1.41 bits per heavy atom. The third kappa shape index (κ3) is 4.88. The molecule has 0 aromatic heterocycles. The first kappa shape index (κ1) is 18.8. The highest BCUT2D eigenvalue weighted by Crippen LogP contribution is 2.20. The smallest absolute Gasteiger partial charge is 0.326 e. The first-order chi connectivity index (χ1) is 10.3. The van der Waals surface area contributed by atoms with Crippen LogP contribution >= 0.6 is 12.6 Å². The van der Waals surface area contributed by atoms with Gasteiger partial charge in [-0.25, -0.2) is 4.79 Å². The summed E-state index contributed by atoms with van der Waals surface area (Å²) in [6.07, 6.45) is 1.54. The second kappa shape index (κ2) is 8.38. The van der Waals surface area contributed by atoms with Gasteiger partial charge >= 0.3 is 5.97 Å². The molecule has 0 aromatic carbocycles. The number of carbonyl (C=O) groups is 3. The average molecular weight is 331 g/mol. The van der Waals surface area contributed by atoms with Crippen LogP contribution in [0.3, 0.4) is 0 Å². The highest BCUT2D eigenvalue weighted by atomic mass is 32.1. The molecule has 126 valence electrons. The van der Waals surface area contributed by atoms with E-state index in [0.717, 1.165) is 0 Å². The highest BCUT2D eigenvalue weighted by molar-refractivity contribution is 7.80. The van der Waals surface area contributed by atoms with Gasteiger partial charge in [-0.1, -0.05) is 13.8 Å². The van der Waals surface area contributed by atoms with Gasteiger partial charge in [0.05, 0.1) is 6.04 Å². The van der Waals surface area contributed by atoms with E-state index >= 15 is 0 Å². The molecule has 2 amide bonds. The molecule has 0 saturated carbocycles. The molecule has 8 heteroatoms. The quantitative estimate of drug-likeness (QED) is 0.485. The molecule has 7 nitrogen and oxygen atoms in total. The van der Waals surface area contributed by atoms with Crippen molar-refractivity contribution in [2.24, 2.45) is 11.7 Å². The van der Waals surface area contributed by atoms with Crippen molar-refractivity contribution in [1.82, 2.24) is 10.2 Å². The monoisotopic (exact) mass is 331 g/mol. The summed E-state index contributed by atoms with van der Waals surface area (Å²) in [5.74, 6) is -1.45. The lowest BCUT2D eigenvalue weighted by atomic mass is 10.0. The van der Waals surface area contributed by atoms with Gasteiger partial charge < -0.3 is 21.1 Å². The number of nitrogens with two attached hydrogens (primary N) is 1. The minimum absolute atomic E-state index is 0.173. The Labute approximate surface area is 136 Å². The lowest BCUT2D eigenvalue weighted by Gasteiger charge is -2.28. The van der Waals surface area contributed by atoms with Gasteiger partial charge in [-0.2, -0.15) is 12.6 Å². The molecule has 0 aliphatic carbocycles. The summed E-state index contributed by atoms with van der Waals surface area (Å²) in [5.41, 5.74) is 5.62. The van der Waals surface area contributed by atoms with E-state index in [1.165, 1.54) is 4.90 Å². The van der Waals surface area contributed by atoms with E-state index in [2.05, 4.69) is 17.9 Å². The zero-order chi connectivity index (χ0) is 16.9. The van der Waals surface area contributed by atoms with Crippen molar-refractivity contribution in [3.8, 4) is 0 Å². The number of hydrogen-bond donors (Lipinski definition) is 4. The van der Waals surface area contributed by atoms with Crippen LogP contribution in [0.2, 0.25) is 0 Å². The molecule has 4 N–H and O–H groups in total. The number of amides is 2. The van der Waals surface area contributed by atoms with Crippen molar-refractivity contribution >= 4 is 30.4 Å². The van der Waals surface area contributed by atoms with Crippen LogP contribution in [0.15, 0.2) is 0 Å². The molecule has 1 aliphatic rings. The number of carboxylic acids is 1. The van der Waals surface area contributed by atoms with Crippen molar-refractivity contribution in [3.05, 3.63) is 0 Å². The SMILES string of the molecule is CC(C)CC(NC(=O)C(N)CS)C(=O)N1CCCC1C(=O)O. The summed E-state index contributed by atoms with van der Waals surface area (Å²) >= 11 is 3.97. The third-order valence-corrected chi connectivity index (χ3v) is 4.07. The fourth-order valence-corrected chi connectivity index (χ4v) is 2.71. The van der Waals surface area contributed by atoms with Crippen molar-refractivity contribution in [3.63, 3.8) is 0 Å². The van der Waals surface area contributed by atoms with Crippen LogP contribution in [0.5, 0.6) is 0 Å². The van der Waals surface area contributed by atoms with Crippen molar-refractivity contribution in [1.29, 1.82) is 0 Å². The van der Waals surface area contributed by atoms with Gasteiger partial charge in [0.15, 0.2) is 0 Å². The van der Waals surface area contributed by atoms with Crippen LogP contribution in [0, 0.1) is 5.92 Å². The maximum absolute atomic E-state index is 12.6. The van der Waals surface area contributed by atoms with E-state index in [1.807, 2.05) is 13.8 Å². The van der Waals surface area contributed by atoms with Crippen molar-refractivity contribution in [2.45, 2.75) is 51.2 Å². The fraction of sp³-hybridized carbons (Fsp3) is 0.786. The van der Waals surface area contributed by atoms with E-state index in [0.29, 0.717) is 25.8 Å². The minimum Gasteiger partial charge on any atom is -0.480 e. The number of likely N-dealkylation sites (tertiary alicyclic amines) is 1. The Morgan fingerprint density at radius 2 is 2.05 bits per heavy atom. The molecule has 22 heavy (non-hydrogen) atoms. The van der Waals surface area contributed by atoms with Crippen LogP contribution in [-0.2, 0) is 14.4 Å². The average Bonchev–Trinajstić information content (AvgIpc) is 2.93. The van der Waals surface area contributed by atoms with Crippen LogP contribution in [-0.4, -0.2) is 58.2 Å². The molecule has 0 radical (unpaired) electrons. The number of aliphatic carboxylic acids is 1. The minimum atomic E-state index is -1.01. The number of hydrogen-bond acceptors (Lipinski definition) is 5. The Kier molecular flexibility index (Phi) is 7.15. The molecule has 0 bridgehead atoms. The van der Waals surface area contributed by atoms with Gasteiger partial charge in [0.1, 0.15) is 12.1 Å². The van der Waals surface area contributed by atoms with E-state index in [9.17, 15) is 19.5 Å². The standard InChI is InChI=1S/C14H25N3O4S/c1-8(2)6-10(16-12(18)9(15)7-22)13(19)17-5-3-4-11(17)14(20)21/h8-11,22H,3-7,15H2,1-2H3,(H,16,18)(H,20,21). The summed E-state index contributed by atoms with van der Waals surface area (Å²) in [4.78, 5) is 37.1. The fourth-order valence-electron chi connectivity index (χ4n) is 2.54. The predicted molar refractivity (Wildman–Crippen MR) is 85.6 cm³/mol. The van der Waals surface area contributed by atoms with Crippen molar-refractivity contribution < 1.29 is 19.5 Å². The molecule has 3 unspecified atom stereocenters. The van der Waals surface area contributed by atoms with Gasteiger partial charge in [-0.15, -0.1) is 0 Å². The first-order valence-electron chi connectivity index (χ1n) is 7.48. The molecule has 1 rings (SSSR count). The van der Waals surface area contributed by atoms with Gasteiger partial charge in [-0.3, -0.25) is 9.59 Å². The first-order valence-corrected chi connectivity index (χ1v) is 8.11. The van der Waals surface area contributed by atoms with E-state index in [4.69, 9.17) is 5.73 Å². The second-order valence-corrected chi connectivity index (χ2v) is 6.37. The Bertz CT molecular complexity index is 430. The van der Waals surface area contributed by atoms with Gasteiger partial charge in [0.25, 0.3) is 0 Å². The van der Waals surface area contributed by atoms with E-state index < -0.39 is 30.0 Å². The predicted octanol–water partition coefficient (Wildman–Crippen LogP) is -0.150. The maximum Gasteiger partial charge on any atom is 0.326 e. The molecular weight excluding hydrogens is 306 g/mol. The van der Waals surface area contributed by atoms with Crippen molar-refractivity contribution in [2.75, 3.05) is 12.3 Å². The highest BCUT2D eigenvalue weighted by Gasteiger charge is 2.37. The Balaban J connectivity index is 2.84. The largest absolute Gasteiger partial charge is 0.480 e. The molecule has 1 aliphatic heterocycles. The molecular formula is C14H25N3O4S. The zero-order valence-corrected chi connectivity index (χ0v) is 13.9. The topological polar surface area (TPSA) is 113 Å². The molecule has 0 aromatic rings. The molecule has 3 atom stereocenters. The number of rotatable bonds is 7. The molecule has 1 saturated heterocycles. The number of carboxylic acid groups (broad SMARTS) is 1. The number of nitrogens with one attached hydrogen (secondary N) is 1. The van der Waals surface area contributed by atoms with E-state index in [-0.39, 0.29) is 17.6 Å².